The molecular weight excluding hydrogens is 526 g/mol. The molecule has 0 fully saturated rings. The molecule has 0 radical (unpaired) electrons. The number of primary amides is 1. The summed E-state index contributed by atoms with van der Waals surface area (Å²) < 4.78 is 5.41. The van der Waals surface area contributed by atoms with Gasteiger partial charge in [-0.1, -0.05) is 48.5 Å². The van der Waals surface area contributed by atoms with Gasteiger partial charge in [-0.15, -0.1) is 0 Å². The molecule has 0 aliphatic rings. The molecule has 206 valence electrons. The minimum Gasteiger partial charge on any atom is -0.459 e. The van der Waals surface area contributed by atoms with Crippen molar-refractivity contribution in [3.63, 3.8) is 0 Å². The average Bonchev–Trinajstić information content (AvgIpc) is 3.36. The number of rotatable bonds is 10. The number of hydrogen-bond acceptors (Lipinski definition) is 7. The Morgan fingerprint density at radius 2 is 1.68 bits per heavy atom. The lowest BCUT2D eigenvalue weighted by atomic mass is 10.1. The van der Waals surface area contributed by atoms with Crippen LogP contribution in [0.15, 0.2) is 84.9 Å². The Kier molecular flexibility index (Phi) is 7.68. The van der Waals surface area contributed by atoms with Gasteiger partial charge >= 0.3 is 5.97 Å². The topological polar surface area (TPSA) is 170 Å². The summed E-state index contributed by atoms with van der Waals surface area (Å²) in [5.74, 6) is -2.00. The van der Waals surface area contributed by atoms with Crippen LogP contribution in [0.5, 0.6) is 0 Å². The molecule has 41 heavy (non-hydrogen) atoms. The lowest BCUT2D eigenvalue weighted by Crippen LogP contribution is -2.42. The lowest BCUT2D eigenvalue weighted by Gasteiger charge is -2.17. The normalized spacial score (nSPS) is 11.7. The number of nitro benzene ring substituents is 1. The Morgan fingerprint density at radius 3 is 2.39 bits per heavy atom. The van der Waals surface area contributed by atoms with Crippen molar-refractivity contribution in [1.82, 2.24) is 15.3 Å². The monoisotopic (exact) mass is 551 g/mol. The minimum absolute atomic E-state index is 0.00748. The second-order valence-electron chi connectivity index (χ2n) is 9.38. The number of H-pyrrole nitrogens is 1. The highest BCUT2D eigenvalue weighted by molar-refractivity contribution is 6.13. The fraction of sp³-hybridized carbons (Fsp3) is 0.133. The molecule has 0 aliphatic carbocycles. The van der Waals surface area contributed by atoms with E-state index in [9.17, 15) is 24.5 Å². The van der Waals surface area contributed by atoms with Crippen LogP contribution in [0.1, 0.15) is 28.9 Å². The number of fused-ring (bicyclic) bond motifs is 3. The highest BCUT2D eigenvalue weighted by Crippen LogP contribution is 2.33. The predicted octanol–water partition coefficient (Wildman–Crippen LogP) is 4.40. The van der Waals surface area contributed by atoms with Crippen molar-refractivity contribution in [1.29, 1.82) is 0 Å². The van der Waals surface area contributed by atoms with Gasteiger partial charge in [0.25, 0.3) is 11.6 Å². The number of aromatic amines is 1. The molecule has 0 spiro atoms. The summed E-state index contributed by atoms with van der Waals surface area (Å²) in [6.45, 7) is -0.00748. The van der Waals surface area contributed by atoms with Gasteiger partial charge in [0.1, 0.15) is 18.3 Å². The molecule has 5 rings (SSSR count). The number of nitrogens with zero attached hydrogens (tertiary/aromatic N) is 2. The number of para-hydroxylation sites is 1. The molecule has 3 aromatic carbocycles. The number of carbonyl (C=O) groups is 3. The zero-order valence-corrected chi connectivity index (χ0v) is 21.7. The Morgan fingerprint density at radius 1 is 0.976 bits per heavy atom. The number of benzene rings is 3. The van der Waals surface area contributed by atoms with Crippen LogP contribution >= 0.6 is 0 Å². The number of esters is 1. The number of nitrogens with one attached hydrogen (secondary N) is 2. The Labute approximate surface area is 233 Å². The quantitative estimate of drug-likeness (QED) is 0.131. The number of aromatic nitrogens is 2. The first-order chi connectivity index (χ1) is 19.8. The van der Waals surface area contributed by atoms with Crippen LogP contribution in [0.3, 0.4) is 0 Å². The molecule has 0 unspecified atom stereocenters. The Hall–Kier alpha value is -5.58. The lowest BCUT2D eigenvalue weighted by molar-refractivity contribution is -0.384. The number of hydrogen-bond donors (Lipinski definition) is 3. The molecule has 5 aromatic rings. The largest absolute Gasteiger partial charge is 0.459 e. The molecule has 2 heterocycles. The molecule has 0 aliphatic heterocycles. The van der Waals surface area contributed by atoms with Gasteiger partial charge in [0.2, 0.25) is 5.91 Å². The van der Waals surface area contributed by atoms with Crippen molar-refractivity contribution < 1.29 is 24.0 Å². The van der Waals surface area contributed by atoms with Crippen LogP contribution in [-0.4, -0.2) is 38.7 Å². The van der Waals surface area contributed by atoms with Gasteiger partial charge in [-0.2, -0.15) is 0 Å². The van der Waals surface area contributed by atoms with Gasteiger partial charge < -0.3 is 20.8 Å². The van der Waals surface area contributed by atoms with Crippen molar-refractivity contribution in [2.45, 2.75) is 25.5 Å². The summed E-state index contributed by atoms with van der Waals surface area (Å²) in [6, 6.07) is 22.9. The molecule has 1 atom stereocenters. The number of nitrogens with two attached hydrogens (primary N) is 1. The van der Waals surface area contributed by atoms with E-state index in [4.69, 9.17) is 10.5 Å². The molecule has 2 aromatic heterocycles. The summed E-state index contributed by atoms with van der Waals surface area (Å²) in [7, 11) is 0. The number of nitro groups is 1. The van der Waals surface area contributed by atoms with Crippen LogP contribution in [0.4, 0.5) is 5.69 Å². The van der Waals surface area contributed by atoms with E-state index in [0.717, 1.165) is 16.5 Å². The standard InChI is InChI=1S/C30H25N5O6/c31-26(36)15-14-24(30(38)41-17-18-6-2-1-3-7-18)34-29(37)25-16-22-21-8-4-5-9-23(21)32-28(22)27(33-25)19-10-12-20(13-11-19)35(39)40/h1-13,16,24,32H,14-15,17H2,(H2,31,36)(H,34,37)/t24-/m0/s1. The molecular formula is C30H25N5O6. The molecule has 0 saturated carbocycles. The van der Waals surface area contributed by atoms with E-state index in [-0.39, 0.29) is 30.8 Å². The number of non-ortho nitro benzene ring substituents is 1. The summed E-state index contributed by atoms with van der Waals surface area (Å²) in [6.07, 6.45) is -0.201. The van der Waals surface area contributed by atoms with Gasteiger partial charge in [0, 0.05) is 40.4 Å². The average molecular weight is 552 g/mol. The highest BCUT2D eigenvalue weighted by Gasteiger charge is 2.25. The van der Waals surface area contributed by atoms with Gasteiger partial charge in [-0.05, 0) is 36.2 Å². The molecule has 2 amide bonds. The zero-order valence-electron chi connectivity index (χ0n) is 21.7. The third-order valence-corrected chi connectivity index (χ3v) is 6.57. The van der Waals surface area contributed by atoms with Crippen LogP contribution in [0.25, 0.3) is 33.1 Å². The van der Waals surface area contributed by atoms with E-state index in [0.29, 0.717) is 22.2 Å². The fourth-order valence-electron chi connectivity index (χ4n) is 4.51. The van der Waals surface area contributed by atoms with Crippen LogP contribution < -0.4 is 11.1 Å². The number of pyridine rings is 1. The van der Waals surface area contributed by atoms with Gasteiger partial charge in [0.15, 0.2) is 0 Å². The summed E-state index contributed by atoms with van der Waals surface area (Å²) in [5, 5.41) is 15.4. The van der Waals surface area contributed by atoms with Crippen molar-refractivity contribution in [3.05, 3.63) is 106 Å². The second-order valence-corrected chi connectivity index (χ2v) is 9.38. The van der Waals surface area contributed by atoms with Crippen LogP contribution in [0, 0.1) is 10.1 Å². The first-order valence-corrected chi connectivity index (χ1v) is 12.8. The Balaban J connectivity index is 1.49. The fourth-order valence-corrected chi connectivity index (χ4v) is 4.51. The van der Waals surface area contributed by atoms with Crippen molar-refractivity contribution >= 4 is 45.3 Å². The number of carbonyl (C=O) groups excluding carboxylic acids is 3. The summed E-state index contributed by atoms with van der Waals surface area (Å²) in [4.78, 5) is 56.5. The van der Waals surface area contributed by atoms with E-state index < -0.39 is 28.7 Å². The first kappa shape index (κ1) is 27.0. The van der Waals surface area contributed by atoms with Gasteiger partial charge in [-0.3, -0.25) is 19.7 Å². The number of amides is 2. The maximum Gasteiger partial charge on any atom is 0.328 e. The van der Waals surface area contributed by atoms with E-state index in [2.05, 4.69) is 15.3 Å². The predicted molar refractivity (Wildman–Crippen MR) is 152 cm³/mol. The zero-order chi connectivity index (χ0) is 28.9. The molecule has 0 bridgehead atoms. The SMILES string of the molecule is NC(=O)CC[C@H](NC(=O)c1cc2c([nH]c3ccccc32)c(-c2ccc([N+](=O)[O-])cc2)n1)C(=O)OCc1ccccc1. The third-order valence-electron chi connectivity index (χ3n) is 6.57. The van der Waals surface area contributed by atoms with Gasteiger partial charge in [-0.25, -0.2) is 9.78 Å². The van der Waals surface area contributed by atoms with Crippen LogP contribution in [-0.2, 0) is 20.9 Å². The molecule has 11 nitrogen and oxygen atoms in total. The van der Waals surface area contributed by atoms with E-state index >= 15 is 0 Å². The van der Waals surface area contributed by atoms with E-state index in [1.807, 2.05) is 42.5 Å². The molecule has 4 N–H and O–H groups in total. The van der Waals surface area contributed by atoms with Gasteiger partial charge in [0.05, 0.1) is 16.1 Å². The smallest absolute Gasteiger partial charge is 0.328 e. The summed E-state index contributed by atoms with van der Waals surface area (Å²) >= 11 is 0. The van der Waals surface area contributed by atoms with Crippen molar-refractivity contribution in [3.8, 4) is 11.3 Å². The maximum absolute atomic E-state index is 13.5. The van der Waals surface area contributed by atoms with Crippen molar-refractivity contribution in [2.75, 3.05) is 0 Å². The van der Waals surface area contributed by atoms with Crippen LogP contribution in [0.2, 0.25) is 0 Å². The maximum atomic E-state index is 13.5. The molecule has 11 heteroatoms. The first-order valence-electron chi connectivity index (χ1n) is 12.8. The highest BCUT2D eigenvalue weighted by atomic mass is 16.6. The van der Waals surface area contributed by atoms with Crippen molar-refractivity contribution in [2.24, 2.45) is 5.73 Å². The van der Waals surface area contributed by atoms with E-state index in [1.54, 1.807) is 30.3 Å². The molecule has 0 saturated heterocycles. The third kappa shape index (κ3) is 6.04. The minimum atomic E-state index is -1.15. The number of ether oxygens (including phenoxy) is 1. The second kappa shape index (κ2) is 11.7. The van der Waals surface area contributed by atoms with E-state index in [1.165, 1.54) is 12.1 Å². The Bertz CT molecular complexity index is 1770. The summed E-state index contributed by atoms with van der Waals surface area (Å²) in [5.41, 5.74) is 8.40.